The molecule has 4 atom stereocenters. The lowest BCUT2D eigenvalue weighted by atomic mass is 9.70. The average molecular weight is 402 g/mol. The zero-order chi connectivity index (χ0) is 22.4. The number of rotatable bonds is 11. The van der Waals surface area contributed by atoms with Gasteiger partial charge in [0.15, 0.2) is 5.41 Å². The third-order valence-electron chi connectivity index (χ3n) is 3.90. The molecule has 0 amide bonds. The van der Waals surface area contributed by atoms with Crippen molar-refractivity contribution in [1.29, 1.82) is 0 Å². The largest absolute Gasteiger partial charge is 0.481 e. The molecule has 4 N–H and O–H groups in total. The number of carboxylic acid groups (broad SMARTS) is 2. The fraction of sp³-hybridized carbons (Fsp3) is 0.556. The lowest BCUT2D eigenvalue weighted by Crippen LogP contribution is -2.61. The zero-order valence-electron chi connectivity index (χ0n) is 16.2. The number of carboxylic acids is 2. The van der Waals surface area contributed by atoms with Crippen molar-refractivity contribution in [3.63, 3.8) is 0 Å². The molecule has 4 unspecified atom stereocenters. The number of hydrogen-bond donors (Lipinski definition) is 4. The van der Waals surface area contributed by atoms with E-state index < -0.39 is 60.1 Å². The molecule has 0 saturated heterocycles. The van der Waals surface area contributed by atoms with Crippen molar-refractivity contribution >= 4 is 23.9 Å². The first-order chi connectivity index (χ1) is 12.7. The maximum atomic E-state index is 12.2. The Bertz CT molecular complexity index is 621. The fourth-order valence-electron chi connectivity index (χ4n) is 2.63. The van der Waals surface area contributed by atoms with Crippen LogP contribution in [-0.4, -0.2) is 68.7 Å². The molecular formula is C18H26O10. The van der Waals surface area contributed by atoms with Gasteiger partial charge in [-0.1, -0.05) is 13.2 Å². The molecule has 0 aromatic carbocycles. The van der Waals surface area contributed by atoms with E-state index in [1.54, 1.807) is 0 Å². The van der Waals surface area contributed by atoms with Crippen molar-refractivity contribution in [2.45, 2.75) is 58.5 Å². The van der Waals surface area contributed by atoms with Crippen LogP contribution in [0.5, 0.6) is 0 Å². The highest BCUT2D eigenvalue weighted by atomic mass is 16.6. The maximum Gasteiger partial charge on any atom is 0.333 e. The van der Waals surface area contributed by atoms with Crippen LogP contribution in [0.3, 0.4) is 0 Å². The van der Waals surface area contributed by atoms with Crippen LogP contribution in [0.4, 0.5) is 0 Å². The van der Waals surface area contributed by atoms with Gasteiger partial charge >= 0.3 is 23.9 Å². The highest BCUT2D eigenvalue weighted by Crippen LogP contribution is 2.40. The number of carbonyl (C=O) groups excluding carboxylic acids is 2. The number of esters is 2. The Kier molecular flexibility index (Phi) is 9.03. The quantitative estimate of drug-likeness (QED) is 0.278. The topological polar surface area (TPSA) is 168 Å². The van der Waals surface area contributed by atoms with Crippen LogP contribution in [-0.2, 0) is 28.7 Å². The lowest BCUT2D eigenvalue weighted by Gasteiger charge is -2.42. The van der Waals surface area contributed by atoms with Gasteiger partial charge in [0.2, 0.25) is 0 Å². The molecule has 0 aliphatic heterocycles. The molecule has 28 heavy (non-hydrogen) atoms. The van der Waals surface area contributed by atoms with E-state index in [1.807, 2.05) is 0 Å². The summed E-state index contributed by atoms with van der Waals surface area (Å²) in [6.07, 6.45) is -8.64. The van der Waals surface area contributed by atoms with Crippen molar-refractivity contribution in [1.82, 2.24) is 0 Å². The standard InChI is InChI=1S/C18H26O10/c1-8(2)15(23)27-13(10(5)19)18(17(25)26,7-12(21)22)14(11(6)20)28-16(24)9(3)4/h10-11,13-14,19-20H,1,3,7H2,2,4-6H3,(H,21,22)(H,25,26). The predicted molar refractivity (Wildman–Crippen MR) is 95.1 cm³/mol. The average Bonchev–Trinajstić information content (AvgIpc) is 2.53. The normalized spacial score (nSPS) is 17.2. The van der Waals surface area contributed by atoms with Gasteiger partial charge in [-0.25, -0.2) is 9.59 Å². The van der Waals surface area contributed by atoms with Gasteiger partial charge in [0.1, 0.15) is 12.2 Å². The summed E-state index contributed by atoms with van der Waals surface area (Å²) in [5.74, 6) is -5.72. The van der Waals surface area contributed by atoms with Gasteiger partial charge in [-0.05, 0) is 27.7 Å². The molecular weight excluding hydrogens is 376 g/mol. The molecule has 0 aliphatic rings. The van der Waals surface area contributed by atoms with Crippen LogP contribution in [0.25, 0.3) is 0 Å². The summed E-state index contributed by atoms with van der Waals surface area (Å²) >= 11 is 0. The first-order valence-corrected chi connectivity index (χ1v) is 8.22. The molecule has 0 rings (SSSR count). The summed E-state index contributed by atoms with van der Waals surface area (Å²) in [5, 5.41) is 39.4. The number of aliphatic carboxylic acids is 2. The third kappa shape index (κ3) is 5.89. The van der Waals surface area contributed by atoms with Crippen molar-refractivity contribution in [3.8, 4) is 0 Å². The van der Waals surface area contributed by atoms with Crippen LogP contribution in [0.1, 0.15) is 34.1 Å². The van der Waals surface area contributed by atoms with Gasteiger partial charge in [-0.15, -0.1) is 0 Å². The van der Waals surface area contributed by atoms with E-state index in [0.29, 0.717) is 0 Å². The molecule has 0 radical (unpaired) electrons. The fourth-order valence-corrected chi connectivity index (χ4v) is 2.63. The second-order valence-electron chi connectivity index (χ2n) is 6.61. The van der Waals surface area contributed by atoms with Crippen LogP contribution in [0.2, 0.25) is 0 Å². The van der Waals surface area contributed by atoms with E-state index in [9.17, 15) is 39.6 Å². The van der Waals surface area contributed by atoms with Crippen LogP contribution in [0, 0.1) is 5.41 Å². The van der Waals surface area contributed by atoms with E-state index in [1.165, 1.54) is 13.8 Å². The molecule has 0 aliphatic carbocycles. The Balaban J connectivity index is 6.70. The molecule has 0 aromatic heterocycles. The molecule has 0 heterocycles. The summed E-state index contributed by atoms with van der Waals surface area (Å²) in [5.41, 5.74) is -3.01. The zero-order valence-corrected chi connectivity index (χ0v) is 16.2. The lowest BCUT2D eigenvalue weighted by molar-refractivity contribution is -0.210. The van der Waals surface area contributed by atoms with Gasteiger partial charge in [-0.2, -0.15) is 0 Å². The number of hydrogen-bond acceptors (Lipinski definition) is 8. The predicted octanol–water partition coefficient (Wildman–Crippen LogP) is 0.270. The number of aliphatic hydroxyl groups is 2. The Morgan fingerprint density at radius 3 is 1.36 bits per heavy atom. The molecule has 0 aromatic rings. The molecule has 0 saturated carbocycles. The number of aliphatic hydroxyl groups excluding tert-OH is 2. The van der Waals surface area contributed by atoms with Gasteiger partial charge in [0, 0.05) is 11.1 Å². The van der Waals surface area contributed by atoms with E-state index in [-0.39, 0.29) is 11.1 Å². The molecule has 0 spiro atoms. The van der Waals surface area contributed by atoms with Crippen molar-refractivity contribution < 1.29 is 49.1 Å². The monoisotopic (exact) mass is 402 g/mol. The minimum atomic E-state index is -2.72. The highest BCUT2D eigenvalue weighted by Gasteiger charge is 2.60. The third-order valence-corrected chi connectivity index (χ3v) is 3.90. The summed E-state index contributed by atoms with van der Waals surface area (Å²) in [4.78, 5) is 47.7. The minimum absolute atomic E-state index is 0.146. The van der Waals surface area contributed by atoms with E-state index in [4.69, 9.17) is 9.47 Å². The number of ether oxygens (including phenoxy) is 2. The van der Waals surface area contributed by atoms with Crippen molar-refractivity contribution in [2.75, 3.05) is 0 Å². The Labute approximate surface area is 162 Å². The minimum Gasteiger partial charge on any atom is -0.481 e. The van der Waals surface area contributed by atoms with Gasteiger partial charge in [-0.3, -0.25) is 9.59 Å². The van der Waals surface area contributed by atoms with Crippen LogP contribution in [0.15, 0.2) is 24.3 Å². The summed E-state index contributed by atoms with van der Waals surface area (Å²) in [6, 6.07) is 0. The Morgan fingerprint density at radius 2 is 1.18 bits per heavy atom. The van der Waals surface area contributed by atoms with Gasteiger partial charge in [0.25, 0.3) is 0 Å². The molecule has 10 nitrogen and oxygen atoms in total. The summed E-state index contributed by atoms with van der Waals surface area (Å²) in [7, 11) is 0. The summed E-state index contributed by atoms with van der Waals surface area (Å²) in [6.45, 7) is 11.3. The Hall–Kier alpha value is -2.72. The molecule has 0 bridgehead atoms. The SMILES string of the molecule is C=C(C)C(=O)OC(C(C)O)C(CC(=O)O)(C(=O)O)C(OC(=O)C(=C)C)C(C)O. The van der Waals surface area contributed by atoms with Crippen molar-refractivity contribution in [2.24, 2.45) is 5.41 Å². The molecule has 158 valence electrons. The maximum absolute atomic E-state index is 12.2. The smallest absolute Gasteiger partial charge is 0.333 e. The van der Waals surface area contributed by atoms with Gasteiger partial charge < -0.3 is 29.9 Å². The van der Waals surface area contributed by atoms with Crippen LogP contribution < -0.4 is 0 Å². The van der Waals surface area contributed by atoms with Gasteiger partial charge in [0.05, 0.1) is 18.6 Å². The Morgan fingerprint density at radius 1 is 0.857 bits per heavy atom. The second kappa shape index (κ2) is 10.00. The molecule has 10 heteroatoms. The van der Waals surface area contributed by atoms with E-state index in [0.717, 1.165) is 13.8 Å². The summed E-state index contributed by atoms with van der Waals surface area (Å²) < 4.78 is 10.0. The van der Waals surface area contributed by atoms with Crippen molar-refractivity contribution in [3.05, 3.63) is 24.3 Å². The number of carbonyl (C=O) groups is 4. The first-order valence-electron chi connectivity index (χ1n) is 8.22. The highest BCUT2D eigenvalue weighted by molar-refractivity contribution is 5.90. The van der Waals surface area contributed by atoms with E-state index in [2.05, 4.69) is 13.2 Å². The van der Waals surface area contributed by atoms with E-state index >= 15 is 0 Å². The molecule has 0 fully saturated rings. The first kappa shape index (κ1) is 25.3. The van der Waals surface area contributed by atoms with Crippen LogP contribution >= 0.6 is 0 Å². The second-order valence-corrected chi connectivity index (χ2v) is 6.61.